The van der Waals surface area contributed by atoms with Gasteiger partial charge in [0.15, 0.2) is 0 Å². The molecule has 0 bridgehead atoms. The zero-order chi connectivity index (χ0) is 20.4. The molecule has 8 nitrogen and oxygen atoms in total. The summed E-state index contributed by atoms with van der Waals surface area (Å²) in [5.74, 6) is -0.688. The number of aryl methyl sites for hydroxylation is 1. The Bertz CT molecular complexity index is 1030. The molecule has 4 N–H and O–H groups in total. The highest BCUT2D eigenvalue weighted by Gasteiger charge is 2.25. The van der Waals surface area contributed by atoms with Crippen LogP contribution in [-0.2, 0) is 0 Å². The predicted molar refractivity (Wildman–Crippen MR) is 101 cm³/mol. The minimum absolute atomic E-state index is 0.00310. The number of halogens is 1. The second kappa shape index (κ2) is 7.63. The fourth-order valence-corrected chi connectivity index (χ4v) is 2.87. The van der Waals surface area contributed by atoms with E-state index in [1.54, 1.807) is 6.07 Å². The highest BCUT2D eigenvalue weighted by atomic mass is 19.1. The maximum Gasteiger partial charge on any atom is 0.319 e. The lowest BCUT2D eigenvalue weighted by Crippen LogP contribution is -2.35. The number of fused-ring (bicyclic) bond motifs is 1. The number of amides is 3. The smallest absolute Gasteiger partial charge is 0.319 e. The van der Waals surface area contributed by atoms with Crippen LogP contribution in [0.25, 0.3) is 11.0 Å². The van der Waals surface area contributed by atoms with Gasteiger partial charge in [0.25, 0.3) is 5.91 Å². The predicted octanol–water partition coefficient (Wildman–Crippen LogP) is 3.29. The molecule has 0 fully saturated rings. The van der Waals surface area contributed by atoms with E-state index in [4.69, 9.17) is 10.2 Å². The van der Waals surface area contributed by atoms with E-state index in [1.807, 2.05) is 20.8 Å². The second-order valence-corrected chi connectivity index (χ2v) is 6.71. The van der Waals surface area contributed by atoms with Crippen molar-refractivity contribution < 1.29 is 18.4 Å². The molecule has 2 heterocycles. The summed E-state index contributed by atoms with van der Waals surface area (Å²) in [5, 5.41) is 6.11. The van der Waals surface area contributed by atoms with Gasteiger partial charge >= 0.3 is 6.03 Å². The summed E-state index contributed by atoms with van der Waals surface area (Å²) in [4.78, 5) is 31.0. The van der Waals surface area contributed by atoms with E-state index >= 15 is 0 Å². The van der Waals surface area contributed by atoms with E-state index in [9.17, 15) is 14.0 Å². The Morgan fingerprint density at radius 3 is 2.50 bits per heavy atom. The van der Waals surface area contributed by atoms with Gasteiger partial charge in [0.1, 0.15) is 17.2 Å². The molecule has 3 amide bonds. The largest absolute Gasteiger partial charge is 0.459 e. The van der Waals surface area contributed by atoms with Crippen molar-refractivity contribution in [2.24, 2.45) is 11.7 Å². The van der Waals surface area contributed by atoms with Gasteiger partial charge < -0.3 is 20.8 Å². The van der Waals surface area contributed by atoms with E-state index in [2.05, 4.69) is 20.6 Å². The van der Waals surface area contributed by atoms with Crippen LogP contribution in [0.2, 0.25) is 0 Å². The number of hydrogen-bond donors (Lipinski definition) is 3. The molecule has 0 aliphatic heterocycles. The molecule has 3 rings (SSSR count). The van der Waals surface area contributed by atoms with Crippen LogP contribution in [0.15, 0.2) is 35.0 Å². The Kier molecular flexibility index (Phi) is 5.25. The molecule has 2 aromatic heterocycles. The zero-order valence-electron chi connectivity index (χ0n) is 15.6. The maximum absolute atomic E-state index is 13.6. The Labute approximate surface area is 160 Å². The fourth-order valence-electron chi connectivity index (χ4n) is 2.87. The summed E-state index contributed by atoms with van der Waals surface area (Å²) in [6, 6.07) is 3.36. The van der Waals surface area contributed by atoms with E-state index in [0.717, 1.165) is 5.56 Å². The highest BCUT2D eigenvalue weighted by Crippen LogP contribution is 2.33. The van der Waals surface area contributed by atoms with Gasteiger partial charge in [-0.3, -0.25) is 4.79 Å². The number of nitrogens with one attached hydrogen (secondary N) is 2. The first kappa shape index (κ1) is 19.3. The lowest BCUT2D eigenvalue weighted by atomic mass is 9.98. The Morgan fingerprint density at radius 2 is 1.89 bits per heavy atom. The maximum atomic E-state index is 13.6. The number of anilines is 1. The topological polar surface area (TPSA) is 123 Å². The Balaban J connectivity index is 1.80. The first-order valence-electron chi connectivity index (χ1n) is 8.64. The molecule has 0 spiro atoms. The summed E-state index contributed by atoms with van der Waals surface area (Å²) < 4.78 is 19.4. The van der Waals surface area contributed by atoms with Crippen LogP contribution >= 0.6 is 0 Å². The van der Waals surface area contributed by atoms with Crippen LogP contribution in [0, 0.1) is 18.7 Å². The van der Waals surface area contributed by atoms with Crippen molar-refractivity contribution in [2.75, 3.05) is 5.32 Å². The SMILES string of the molecule is Cc1c(C(NC(=O)Nc2cnc(C(N)=O)nc2)C(C)C)oc2ccc(F)cc12. The van der Waals surface area contributed by atoms with Gasteiger partial charge in [0.2, 0.25) is 5.82 Å². The number of hydrogen-bond acceptors (Lipinski definition) is 5. The summed E-state index contributed by atoms with van der Waals surface area (Å²) in [6.07, 6.45) is 2.57. The molecular weight excluding hydrogens is 365 g/mol. The summed E-state index contributed by atoms with van der Waals surface area (Å²) in [7, 11) is 0. The van der Waals surface area contributed by atoms with Crippen molar-refractivity contribution in [1.82, 2.24) is 15.3 Å². The summed E-state index contributed by atoms with van der Waals surface area (Å²) in [5.41, 5.74) is 6.71. The number of nitrogens with two attached hydrogens (primary N) is 1. The fraction of sp³-hybridized carbons (Fsp3) is 0.263. The van der Waals surface area contributed by atoms with Crippen molar-refractivity contribution >= 4 is 28.6 Å². The molecule has 0 saturated heterocycles. The standard InChI is InChI=1S/C19H20FN5O3/c1-9(2)15(16-10(3)13-6-11(20)4-5-14(13)28-16)25-19(27)24-12-7-22-18(17(21)26)23-8-12/h4-9,15H,1-3H3,(H2,21,26)(H2,24,25,27). The van der Waals surface area contributed by atoms with E-state index in [1.165, 1.54) is 24.5 Å². The normalized spacial score (nSPS) is 12.2. The Morgan fingerprint density at radius 1 is 1.21 bits per heavy atom. The minimum Gasteiger partial charge on any atom is -0.459 e. The monoisotopic (exact) mass is 385 g/mol. The average Bonchev–Trinajstić information content (AvgIpc) is 2.96. The molecule has 0 radical (unpaired) electrons. The van der Waals surface area contributed by atoms with Gasteiger partial charge in [-0.25, -0.2) is 19.2 Å². The van der Waals surface area contributed by atoms with Gasteiger partial charge in [0.05, 0.1) is 24.1 Å². The quantitative estimate of drug-likeness (QED) is 0.622. The van der Waals surface area contributed by atoms with Crippen LogP contribution in [0.1, 0.15) is 41.8 Å². The van der Waals surface area contributed by atoms with E-state index < -0.39 is 18.0 Å². The third-order valence-electron chi connectivity index (χ3n) is 4.30. The number of carbonyl (C=O) groups excluding carboxylic acids is 2. The lowest BCUT2D eigenvalue weighted by Gasteiger charge is -2.21. The molecule has 1 unspecified atom stereocenters. The number of primary amides is 1. The molecule has 9 heteroatoms. The first-order chi connectivity index (χ1) is 13.3. The van der Waals surface area contributed by atoms with Crippen LogP contribution < -0.4 is 16.4 Å². The number of nitrogens with zero attached hydrogens (tertiary/aromatic N) is 2. The third-order valence-corrected chi connectivity index (χ3v) is 4.30. The van der Waals surface area contributed by atoms with Gasteiger partial charge in [-0.2, -0.15) is 0 Å². The summed E-state index contributed by atoms with van der Waals surface area (Å²) >= 11 is 0. The molecule has 1 atom stereocenters. The second-order valence-electron chi connectivity index (χ2n) is 6.71. The molecular formula is C19H20FN5O3. The average molecular weight is 385 g/mol. The van der Waals surface area contributed by atoms with Crippen molar-refractivity contribution in [1.29, 1.82) is 0 Å². The number of rotatable bonds is 5. The van der Waals surface area contributed by atoms with Crippen LogP contribution in [0.4, 0.5) is 14.9 Å². The number of carbonyl (C=O) groups is 2. The molecule has 0 aliphatic carbocycles. The first-order valence-corrected chi connectivity index (χ1v) is 8.64. The van der Waals surface area contributed by atoms with Crippen molar-refractivity contribution in [3.63, 3.8) is 0 Å². The number of aromatic nitrogens is 2. The van der Waals surface area contributed by atoms with E-state index in [-0.39, 0.29) is 17.6 Å². The van der Waals surface area contributed by atoms with Crippen molar-refractivity contribution in [2.45, 2.75) is 26.8 Å². The molecule has 146 valence electrons. The molecule has 1 aromatic carbocycles. The third kappa shape index (κ3) is 3.93. The van der Waals surface area contributed by atoms with Crippen molar-refractivity contribution in [3.8, 4) is 0 Å². The molecule has 0 saturated carbocycles. The number of benzene rings is 1. The van der Waals surface area contributed by atoms with Gasteiger partial charge in [-0.1, -0.05) is 13.8 Å². The van der Waals surface area contributed by atoms with Crippen LogP contribution in [-0.4, -0.2) is 21.9 Å². The molecule has 0 aliphatic rings. The Hall–Kier alpha value is -3.49. The van der Waals surface area contributed by atoms with Crippen molar-refractivity contribution in [3.05, 3.63) is 53.6 Å². The number of urea groups is 1. The van der Waals surface area contributed by atoms with Gasteiger partial charge in [0, 0.05) is 10.9 Å². The van der Waals surface area contributed by atoms with Gasteiger partial charge in [-0.15, -0.1) is 0 Å². The van der Waals surface area contributed by atoms with Gasteiger partial charge in [-0.05, 0) is 31.0 Å². The number of furan rings is 1. The van der Waals surface area contributed by atoms with Crippen LogP contribution in [0.3, 0.4) is 0 Å². The summed E-state index contributed by atoms with van der Waals surface area (Å²) in [6.45, 7) is 5.69. The lowest BCUT2D eigenvalue weighted by molar-refractivity contribution is 0.0990. The minimum atomic E-state index is -0.757. The molecule has 3 aromatic rings. The van der Waals surface area contributed by atoms with Crippen LogP contribution in [0.5, 0.6) is 0 Å². The highest BCUT2D eigenvalue weighted by molar-refractivity contribution is 5.91. The van der Waals surface area contributed by atoms with E-state index in [0.29, 0.717) is 22.4 Å². The zero-order valence-corrected chi connectivity index (χ0v) is 15.6. The molecule has 28 heavy (non-hydrogen) atoms.